The Balaban J connectivity index is 2.90. The van der Waals surface area contributed by atoms with Gasteiger partial charge in [-0.2, -0.15) is 0 Å². The second kappa shape index (κ2) is 3.57. The molecule has 0 unspecified atom stereocenters. The molecule has 1 rings (SSSR count). The standard InChI is InChI=1S/C9H8Br/c1-2-8-3-5-9(7-10)6-4-8/h1-6H,7H2. The van der Waals surface area contributed by atoms with Gasteiger partial charge in [-0.15, -0.1) is 0 Å². The highest BCUT2D eigenvalue weighted by atomic mass is 79.9. The van der Waals surface area contributed by atoms with Crippen molar-refractivity contribution < 1.29 is 0 Å². The van der Waals surface area contributed by atoms with Gasteiger partial charge in [-0.25, -0.2) is 0 Å². The summed E-state index contributed by atoms with van der Waals surface area (Å²) in [6.45, 7) is 5.30. The fourth-order valence-corrected chi connectivity index (χ4v) is 1.09. The van der Waals surface area contributed by atoms with Gasteiger partial charge in [-0.1, -0.05) is 52.9 Å². The molecule has 0 aliphatic rings. The third-order valence-electron chi connectivity index (χ3n) is 1.33. The monoisotopic (exact) mass is 195 g/mol. The Morgan fingerprint density at radius 2 is 1.90 bits per heavy atom. The predicted octanol–water partition coefficient (Wildman–Crippen LogP) is 3.03. The number of rotatable bonds is 2. The van der Waals surface area contributed by atoms with E-state index in [1.807, 2.05) is 24.3 Å². The molecular weight excluding hydrogens is 188 g/mol. The van der Waals surface area contributed by atoms with Gasteiger partial charge in [0.05, 0.1) is 0 Å². The molecule has 0 atom stereocenters. The summed E-state index contributed by atoms with van der Waals surface area (Å²) in [5.74, 6) is 0. The predicted molar refractivity (Wildman–Crippen MR) is 47.8 cm³/mol. The van der Waals surface area contributed by atoms with E-state index in [1.165, 1.54) is 5.56 Å². The smallest absolute Gasteiger partial charge is 0.0283 e. The largest absolute Gasteiger partial charge is 0.0876 e. The Labute approximate surface area is 69.7 Å². The minimum Gasteiger partial charge on any atom is -0.0876 e. The Kier molecular flexibility index (Phi) is 2.69. The SMILES string of the molecule is [CH]=Cc1ccc(CBr)cc1. The normalized spacial score (nSPS) is 9.30. The van der Waals surface area contributed by atoms with E-state index < -0.39 is 0 Å². The maximum atomic E-state index is 5.30. The average molecular weight is 196 g/mol. The van der Waals surface area contributed by atoms with Crippen LogP contribution in [0.3, 0.4) is 0 Å². The van der Waals surface area contributed by atoms with Crippen LogP contribution in [0.15, 0.2) is 24.3 Å². The molecule has 10 heavy (non-hydrogen) atoms. The molecule has 0 aliphatic carbocycles. The van der Waals surface area contributed by atoms with E-state index in [4.69, 9.17) is 6.58 Å². The summed E-state index contributed by atoms with van der Waals surface area (Å²) in [6, 6.07) is 8.09. The zero-order valence-corrected chi connectivity index (χ0v) is 7.14. The van der Waals surface area contributed by atoms with Crippen molar-refractivity contribution in [2.45, 2.75) is 5.33 Å². The van der Waals surface area contributed by atoms with Gasteiger partial charge in [0.15, 0.2) is 0 Å². The maximum Gasteiger partial charge on any atom is 0.0283 e. The first-order chi connectivity index (χ1) is 4.86. The lowest BCUT2D eigenvalue weighted by Gasteiger charge is -1.94. The molecule has 0 spiro atoms. The van der Waals surface area contributed by atoms with Gasteiger partial charge in [0, 0.05) is 5.33 Å². The van der Waals surface area contributed by atoms with Crippen molar-refractivity contribution in [2.75, 3.05) is 0 Å². The molecule has 0 fully saturated rings. The van der Waals surface area contributed by atoms with Crippen LogP contribution >= 0.6 is 15.9 Å². The molecular formula is C9H8Br. The molecule has 1 aromatic carbocycles. The fraction of sp³-hybridized carbons (Fsp3) is 0.111. The lowest BCUT2D eigenvalue weighted by molar-refractivity contribution is 1.43. The van der Waals surface area contributed by atoms with Crippen molar-refractivity contribution in [3.05, 3.63) is 42.0 Å². The van der Waals surface area contributed by atoms with E-state index >= 15 is 0 Å². The molecule has 0 amide bonds. The second-order valence-electron chi connectivity index (χ2n) is 2.04. The molecule has 51 valence electrons. The van der Waals surface area contributed by atoms with Crippen molar-refractivity contribution in [2.24, 2.45) is 0 Å². The average Bonchev–Trinajstić information content (AvgIpc) is 2.05. The number of hydrogen-bond acceptors (Lipinski definition) is 0. The minimum absolute atomic E-state index is 0.901. The van der Waals surface area contributed by atoms with Crippen molar-refractivity contribution in [3.63, 3.8) is 0 Å². The minimum atomic E-state index is 0.901. The fourth-order valence-electron chi connectivity index (χ4n) is 0.718. The number of alkyl halides is 1. The van der Waals surface area contributed by atoms with Crippen molar-refractivity contribution in [3.8, 4) is 0 Å². The first-order valence-electron chi connectivity index (χ1n) is 3.06. The lowest BCUT2D eigenvalue weighted by Crippen LogP contribution is -1.75. The van der Waals surface area contributed by atoms with E-state index in [9.17, 15) is 0 Å². The highest BCUT2D eigenvalue weighted by Gasteiger charge is 1.87. The zero-order valence-electron chi connectivity index (χ0n) is 5.55. The Morgan fingerprint density at radius 1 is 1.30 bits per heavy atom. The third kappa shape index (κ3) is 1.71. The summed E-state index contributed by atoms with van der Waals surface area (Å²) in [5, 5.41) is 0.901. The van der Waals surface area contributed by atoms with Crippen molar-refractivity contribution >= 4 is 22.0 Å². The topological polar surface area (TPSA) is 0 Å². The first kappa shape index (κ1) is 7.55. The molecule has 1 aromatic rings. The molecule has 1 heteroatoms. The molecule has 0 N–H and O–H groups in total. The quantitative estimate of drug-likeness (QED) is 0.637. The molecule has 0 saturated carbocycles. The second-order valence-corrected chi connectivity index (χ2v) is 2.60. The van der Waals surface area contributed by atoms with Crippen LogP contribution in [-0.2, 0) is 5.33 Å². The van der Waals surface area contributed by atoms with E-state index in [2.05, 4.69) is 15.9 Å². The van der Waals surface area contributed by atoms with Crippen molar-refractivity contribution in [1.82, 2.24) is 0 Å². The van der Waals surface area contributed by atoms with Gasteiger partial charge in [0.2, 0.25) is 0 Å². The molecule has 0 saturated heterocycles. The van der Waals surface area contributed by atoms with Gasteiger partial charge in [-0.3, -0.25) is 0 Å². The molecule has 0 bridgehead atoms. The van der Waals surface area contributed by atoms with Crippen LogP contribution in [0, 0.1) is 6.58 Å². The maximum absolute atomic E-state index is 5.30. The van der Waals surface area contributed by atoms with Gasteiger partial charge in [0.1, 0.15) is 0 Å². The highest BCUT2D eigenvalue weighted by molar-refractivity contribution is 9.08. The van der Waals surface area contributed by atoms with Crippen LogP contribution in [0.2, 0.25) is 0 Å². The van der Waals surface area contributed by atoms with Crippen LogP contribution in [-0.4, -0.2) is 0 Å². The molecule has 0 aromatic heterocycles. The lowest BCUT2D eigenvalue weighted by atomic mass is 10.2. The Morgan fingerprint density at radius 3 is 2.30 bits per heavy atom. The zero-order chi connectivity index (χ0) is 7.40. The van der Waals surface area contributed by atoms with E-state index in [-0.39, 0.29) is 0 Å². The molecule has 0 nitrogen and oxygen atoms in total. The van der Waals surface area contributed by atoms with Gasteiger partial charge >= 0.3 is 0 Å². The number of hydrogen-bond donors (Lipinski definition) is 0. The number of halogens is 1. The molecule has 0 heterocycles. The third-order valence-corrected chi connectivity index (χ3v) is 1.97. The Hall–Kier alpha value is -0.560. The summed E-state index contributed by atoms with van der Waals surface area (Å²) in [7, 11) is 0. The molecule has 0 aliphatic heterocycles. The van der Waals surface area contributed by atoms with Gasteiger partial charge in [-0.05, 0) is 11.1 Å². The summed E-state index contributed by atoms with van der Waals surface area (Å²) < 4.78 is 0. The van der Waals surface area contributed by atoms with Gasteiger partial charge < -0.3 is 0 Å². The van der Waals surface area contributed by atoms with Crippen LogP contribution in [0.4, 0.5) is 0 Å². The summed E-state index contributed by atoms with van der Waals surface area (Å²) >= 11 is 3.36. The summed E-state index contributed by atoms with van der Waals surface area (Å²) in [6.07, 6.45) is 1.60. The molecule has 1 radical (unpaired) electrons. The van der Waals surface area contributed by atoms with Crippen LogP contribution in [0.1, 0.15) is 11.1 Å². The number of benzene rings is 1. The summed E-state index contributed by atoms with van der Waals surface area (Å²) in [5.41, 5.74) is 2.33. The van der Waals surface area contributed by atoms with Crippen LogP contribution < -0.4 is 0 Å². The Bertz CT molecular complexity index is 211. The van der Waals surface area contributed by atoms with Crippen LogP contribution in [0.25, 0.3) is 6.08 Å². The summed E-state index contributed by atoms with van der Waals surface area (Å²) in [4.78, 5) is 0. The van der Waals surface area contributed by atoms with Crippen molar-refractivity contribution in [1.29, 1.82) is 0 Å². The first-order valence-corrected chi connectivity index (χ1v) is 4.19. The van der Waals surface area contributed by atoms with E-state index in [0.29, 0.717) is 0 Å². The van der Waals surface area contributed by atoms with E-state index in [1.54, 1.807) is 6.08 Å². The van der Waals surface area contributed by atoms with Crippen LogP contribution in [0.5, 0.6) is 0 Å². The highest BCUT2D eigenvalue weighted by Crippen LogP contribution is 2.07. The van der Waals surface area contributed by atoms with E-state index in [0.717, 1.165) is 10.9 Å². The van der Waals surface area contributed by atoms with Gasteiger partial charge in [0.25, 0.3) is 0 Å².